The highest BCUT2D eigenvalue weighted by Crippen LogP contribution is 2.24. The molecule has 0 saturated carbocycles. The molecule has 0 aliphatic rings. The molecule has 1 N–H and O–H groups in total. The first-order valence-corrected chi connectivity index (χ1v) is 6.72. The van der Waals surface area contributed by atoms with Crippen molar-refractivity contribution in [3.8, 4) is 0 Å². The number of para-hydroxylation sites is 1. The Bertz CT molecular complexity index is 561. The molecule has 2 rings (SSSR count). The van der Waals surface area contributed by atoms with E-state index in [1.54, 1.807) is 0 Å². The number of hydrogen-bond donors (Lipinski definition) is 1. The fraction of sp³-hybridized carbons (Fsp3) is 0.235. The predicted molar refractivity (Wildman–Crippen MR) is 80.2 cm³/mol. The molecule has 0 amide bonds. The van der Waals surface area contributed by atoms with Gasteiger partial charge in [-0.05, 0) is 36.2 Å². The van der Waals surface area contributed by atoms with E-state index in [4.69, 9.17) is 0 Å². The van der Waals surface area contributed by atoms with Crippen molar-refractivity contribution in [3.63, 3.8) is 0 Å². The van der Waals surface area contributed by atoms with Crippen LogP contribution in [0.15, 0.2) is 48.5 Å². The topological polar surface area (TPSA) is 29.1 Å². The number of aryl methyl sites for hydroxylation is 1. The molecule has 2 nitrogen and oxygen atoms in total. The van der Waals surface area contributed by atoms with Gasteiger partial charge < -0.3 is 5.32 Å². The number of anilines is 2. The molecule has 0 aliphatic heterocycles. The standard InChI is InChI=1S/C17H19NO/c1-3-13-10-11-15(17(19)4-2)16(12-13)18-14-8-6-5-7-9-14/h5-12,18H,3-4H2,1-2H3. The van der Waals surface area contributed by atoms with Crippen molar-refractivity contribution in [1.29, 1.82) is 0 Å². The molecule has 0 spiro atoms. The number of ketones is 1. The predicted octanol–water partition coefficient (Wildman–Crippen LogP) is 4.59. The minimum Gasteiger partial charge on any atom is -0.355 e. The van der Waals surface area contributed by atoms with Gasteiger partial charge in [-0.2, -0.15) is 0 Å². The van der Waals surface area contributed by atoms with E-state index in [-0.39, 0.29) is 5.78 Å². The molecule has 0 aromatic heterocycles. The first-order chi connectivity index (χ1) is 9.24. The van der Waals surface area contributed by atoms with Crippen LogP contribution < -0.4 is 5.32 Å². The Labute approximate surface area is 114 Å². The van der Waals surface area contributed by atoms with E-state index in [1.807, 2.05) is 49.4 Å². The molecule has 19 heavy (non-hydrogen) atoms. The molecule has 0 saturated heterocycles. The molecular formula is C17H19NO. The van der Waals surface area contributed by atoms with Gasteiger partial charge in [-0.3, -0.25) is 4.79 Å². The Hall–Kier alpha value is -2.09. The second-order valence-corrected chi connectivity index (χ2v) is 4.50. The van der Waals surface area contributed by atoms with Gasteiger partial charge >= 0.3 is 0 Å². The summed E-state index contributed by atoms with van der Waals surface area (Å²) in [5.41, 5.74) is 3.90. The third-order valence-corrected chi connectivity index (χ3v) is 3.17. The number of carbonyl (C=O) groups is 1. The van der Waals surface area contributed by atoms with Gasteiger partial charge in [0.05, 0.1) is 0 Å². The summed E-state index contributed by atoms with van der Waals surface area (Å²) in [7, 11) is 0. The number of hydrogen-bond acceptors (Lipinski definition) is 2. The maximum atomic E-state index is 12.0. The zero-order valence-corrected chi connectivity index (χ0v) is 11.4. The van der Waals surface area contributed by atoms with Gasteiger partial charge in [0.1, 0.15) is 0 Å². The Morgan fingerprint density at radius 2 is 1.79 bits per heavy atom. The van der Waals surface area contributed by atoms with Gasteiger partial charge in [-0.15, -0.1) is 0 Å². The highest BCUT2D eigenvalue weighted by Gasteiger charge is 2.10. The molecule has 0 fully saturated rings. The van der Waals surface area contributed by atoms with E-state index in [2.05, 4.69) is 18.3 Å². The summed E-state index contributed by atoms with van der Waals surface area (Å²) < 4.78 is 0. The lowest BCUT2D eigenvalue weighted by molar-refractivity contribution is 0.0989. The summed E-state index contributed by atoms with van der Waals surface area (Å²) in [5, 5.41) is 3.34. The van der Waals surface area contributed by atoms with E-state index < -0.39 is 0 Å². The van der Waals surface area contributed by atoms with Gasteiger partial charge in [-0.25, -0.2) is 0 Å². The van der Waals surface area contributed by atoms with Crippen LogP contribution in [0, 0.1) is 0 Å². The molecule has 0 atom stereocenters. The van der Waals surface area contributed by atoms with E-state index in [0.717, 1.165) is 23.4 Å². The minimum atomic E-state index is 0.168. The molecule has 0 bridgehead atoms. The molecule has 0 heterocycles. The molecule has 2 heteroatoms. The average molecular weight is 253 g/mol. The quantitative estimate of drug-likeness (QED) is 0.790. The fourth-order valence-electron chi connectivity index (χ4n) is 2.03. The maximum absolute atomic E-state index is 12.0. The second kappa shape index (κ2) is 6.19. The van der Waals surface area contributed by atoms with E-state index in [0.29, 0.717) is 6.42 Å². The maximum Gasteiger partial charge on any atom is 0.164 e. The van der Waals surface area contributed by atoms with Gasteiger partial charge in [0.15, 0.2) is 5.78 Å². The monoisotopic (exact) mass is 253 g/mol. The third kappa shape index (κ3) is 3.22. The Morgan fingerprint density at radius 1 is 1.05 bits per heavy atom. The van der Waals surface area contributed by atoms with Crippen molar-refractivity contribution in [3.05, 3.63) is 59.7 Å². The lowest BCUT2D eigenvalue weighted by Gasteiger charge is -2.12. The second-order valence-electron chi connectivity index (χ2n) is 4.50. The van der Waals surface area contributed by atoms with Crippen LogP contribution in [0.3, 0.4) is 0 Å². The van der Waals surface area contributed by atoms with Crippen molar-refractivity contribution >= 4 is 17.2 Å². The van der Waals surface area contributed by atoms with Gasteiger partial charge in [0.25, 0.3) is 0 Å². The van der Waals surface area contributed by atoms with Crippen LogP contribution in [0.5, 0.6) is 0 Å². The SMILES string of the molecule is CCC(=O)c1ccc(CC)cc1Nc1ccccc1. The summed E-state index contributed by atoms with van der Waals surface area (Å²) in [6.07, 6.45) is 1.49. The number of carbonyl (C=O) groups excluding carboxylic acids is 1. The van der Waals surface area contributed by atoms with Gasteiger partial charge in [0, 0.05) is 23.4 Å². The van der Waals surface area contributed by atoms with Crippen LogP contribution in [0.25, 0.3) is 0 Å². The Morgan fingerprint density at radius 3 is 2.42 bits per heavy atom. The zero-order valence-electron chi connectivity index (χ0n) is 11.4. The molecule has 0 aliphatic carbocycles. The lowest BCUT2D eigenvalue weighted by atomic mass is 10.0. The number of benzene rings is 2. The summed E-state index contributed by atoms with van der Waals surface area (Å²) in [5.74, 6) is 0.168. The number of nitrogens with one attached hydrogen (secondary N) is 1. The van der Waals surface area contributed by atoms with Crippen molar-refractivity contribution in [1.82, 2.24) is 0 Å². The highest BCUT2D eigenvalue weighted by atomic mass is 16.1. The molecule has 0 unspecified atom stereocenters. The number of Topliss-reactive ketones (excluding diaryl/α,β-unsaturated/α-hetero) is 1. The van der Waals surface area contributed by atoms with Crippen molar-refractivity contribution < 1.29 is 4.79 Å². The van der Waals surface area contributed by atoms with E-state index in [1.165, 1.54) is 5.56 Å². The van der Waals surface area contributed by atoms with Crippen LogP contribution in [0.4, 0.5) is 11.4 Å². The highest BCUT2D eigenvalue weighted by molar-refractivity contribution is 6.01. The van der Waals surface area contributed by atoms with Crippen LogP contribution >= 0.6 is 0 Å². The summed E-state index contributed by atoms with van der Waals surface area (Å²) in [6.45, 7) is 4.01. The summed E-state index contributed by atoms with van der Waals surface area (Å²) >= 11 is 0. The fourth-order valence-corrected chi connectivity index (χ4v) is 2.03. The van der Waals surface area contributed by atoms with Crippen LogP contribution in [-0.4, -0.2) is 5.78 Å². The van der Waals surface area contributed by atoms with Crippen molar-refractivity contribution in [2.75, 3.05) is 5.32 Å². The van der Waals surface area contributed by atoms with E-state index >= 15 is 0 Å². The minimum absolute atomic E-state index is 0.168. The normalized spacial score (nSPS) is 10.2. The first kappa shape index (κ1) is 13.3. The Kier molecular flexibility index (Phi) is 4.35. The molecule has 0 radical (unpaired) electrons. The average Bonchev–Trinajstić information content (AvgIpc) is 2.47. The molecule has 98 valence electrons. The smallest absolute Gasteiger partial charge is 0.164 e. The van der Waals surface area contributed by atoms with Crippen LogP contribution in [0.2, 0.25) is 0 Å². The van der Waals surface area contributed by atoms with Gasteiger partial charge in [-0.1, -0.05) is 38.1 Å². The van der Waals surface area contributed by atoms with Crippen molar-refractivity contribution in [2.24, 2.45) is 0 Å². The van der Waals surface area contributed by atoms with E-state index in [9.17, 15) is 4.79 Å². The van der Waals surface area contributed by atoms with Gasteiger partial charge in [0.2, 0.25) is 0 Å². The number of rotatable bonds is 5. The Balaban J connectivity index is 2.38. The van der Waals surface area contributed by atoms with Crippen LogP contribution in [-0.2, 0) is 6.42 Å². The largest absolute Gasteiger partial charge is 0.355 e. The third-order valence-electron chi connectivity index (χ3n) is 3.17. The summed E-state index contributed by atoms with van der Waals surface area (Å²) in [6, 6.07) is 16.0. The van der Waals surface area contributed by atoms with Crippen molar-refractivity contribution in [2.45, 2.75) is 26.7 Å². The summed E-state index contributed by atoms with van der Waals surface area (Å²) in [4.78, 5) is 12.0. The molecular weight excluding hydrogens is 234 g/mol. The lowest BCUT2D eigenvalue weighted by Crippen LogP contribution is -2.03. The molecule has 2 aromatic carbocycles. The zero-order chi connectivity index (χ0) is 13.7. The van der Waals surface area contributed by atoms with Crippen LogP contribution in [0.1, 0.15) is 36.2 Å². The molecule has 2 aromatic rings. The first-order valence-electron chi connectivity index (χ1n) is 6.72.